The molecular formula is C22H24F4N2O4S. The lowest BCUT2D eigenvalue weighted by Crippen LogP contribution is -2.50. The second-order valence-corrected chi connectivity index (χ2v) is 10.4. The lowest BCUT2D eigenvalue weighted by molar-refractivity contribution is -0.139. The van der Waals surface area contributed by atoms with Gasteiger partial charge in [-0.2, -0.15) is 13.2 Å². The summed E-state index contributed by atoms with van der Waals surface area (Å²) in [6.45, 7) is 5.37. The van der Waals surface area contributed by atoms with Gasteiger partial charge in [-0.1, -0.05) is 18.2 Å². The Balaban J connectivity index is 1.97. The van der Waals surface area contributed by atoms with Crippen molar-refractivity contribution >= 4 is 21.6 Å². The minimum Gasteiger partial charge on any atom is -0.444 e. The molecule has 1 fully saturated rings. The Labute approximate surface area is 189 Å². The first-order chi connectivity index (χ1) is 15.2. The van der Waals surface area contributed by atoms with Gasteiger partial charge in [-0.3, -0.25) is 0 Å². The lowest BCUT2D eigenvalue weighted by atomic mass is 10.1. The molecule has 1 aliphatic heterocycles. The zero-order valence-electron chi connectivity index (χ0n) is 18.3. The second kappa shape index (κ2) is 8.85. The fourth-order valence-corrected chi connectivity index (χ4v) is 5.10. The van der Waals surface area contributed by atoms with E-state index in [1.54, 1.807) is 20.8 Å². The number of alkyl halides is 3. The summed E-state index contributed by atoms with van der Waals surface area (Å²) in [5.41, 5.74) is -2.42. The van der Waals surface area contributed by atoms with Gasteiger partial charge in [0.05, 0.1) is 16.1 Å². The van der Waals surface area contributed by atoms with Crippen molar-refractivity contribution in [3.63, 3.8) is 0 Å². The quantitative estimate of drug-likeness (QED) is 0.585. The van der Waals surface area contributed by atoms with Crippen LogP contribution in [-0.4, -0.2) is 51.2 Å². The Morgan fingerprint density at radius 2 is 1.48 bits per heavy atom. The number of hydrogen-bond acceptors (Lipinski definition) is 5. The first-order valence-corrected chi connectivity index (χ1v) is 11.6. The van der Waals surface area contributed by atoms with Gasteiger partial charge in [0.2, 0.25) is 9.84 Å². The van der Waals surface area contributed by atoms with Crippen LogP contribution in [0, 0.1) is 5.82 Å². The monoisotopic (exact) mass is 488 g/mol. The van der Waals surface area contributed by atoms with Crippen LogP contribution >= 0.6 is 0 Å². The number of amides is 1. The van der Waals surface area contributed by atoms with Crippen molar-refractivity contribution in [1.29, 1.82) is 0 Å². The van der Waals surface area contributed by atoms with Gasteiger partial charge in [0, 0.05) is 26.2 Å². The minimum absolute atomic E-state index is 0.0333. The van der Waals surface area contributed by atoms with Crippen molar-refractivity contribution in [2.24, 2.45) is 0 Å². The van der Waals surface area contributed by atoms with Crippen molar-refractivity contribution in [1.82, 2.24) is 4.90 Å². The largest absolute Gasteiger partial charge is 0.444 e. The van der Waals surface area contributed by atoms with Gasteiger partial charge in [0.15, 0.2) is 0 Å². The number of hydrogen-bond donors (Lipinski definition) is 0. The SMILES string of the molecule is CC(C)(C)OC(=O)N1CCN(c2cccc(S(=O)(=O)c3ccccc3F)c2C(F)(F)F)CC1. The zero-order chi connectivity index (χ0) is 24.6. The molecule has 2 aromatic carbocycles. The maximum atomic E-state index is 14.2. The van der Waals surface area contributed by atoms with E-state index in [2.05, 4.69) is 0 Å². The summed E-state index contributed by atoms with van der Waals surface area (Å²) in [7, 11) is -4.80. The van der Waals surface area contributed by atoms with E-state index < -0.39 is 48.9 Å². The molecule has 0 radical (unpaired) electrons. The van der Waals surface area contributed by atoms with E-state index in [-0.39, 0.29) is 31.9 Å². The average molecular weight is 489 g/mol. The molecule has 0 bridgehead atoms. The smallest absolute Gasteiger partial charge is 0.419 e. The third kappa shape index (κ3) is 5.40. The number of carbonyl (C=O) groups excluding carboxylic acids is 1. The van der Waals surface area contributed by atoms with Gasteiger partial charge in [-0.25, -0.2) is 17.6 Å². The van der Waals surface area contributed by atoms with Gasteiger partial charge < -0.3 is 14.5 Å². The molecule has 0 N–H and O–H groups in total. The van der Waals surface area contributed by atoms with Crippen molar-refractivity contribution in [3.8, 4) is 0 Å². The predicted molar refractivity (Wildman–Crippen MR) is 113 cm³/mol. The Kier molecular flexibility index (Phi) is 6.65. The molecule has 11 heteroatoms. The summed E-state index contributed by atoms with van der Waals surface area (Å²) in [5.74, 6) is -1.14. The summed E-state index contributed by atoms with van der Waals surface area (Å²) in [6.07, 6.45) is -5.60. The Bertz CT molecular complexity index is 1140. The standard InChI is InChI=1S/C22H24F4N2O4S/c1-21(2,3)32-20(29)28-13-11-27(12-14-28)16-8-6-10-18(19(16)22(24,25)26)33(30,31)17-9-5-4-7-15(17)23/h4-10H,11-14H2,1-3H3. The van der Waals surface area contributed by atoms with Crippen LogP contribution in [0.3, 0.4) is 0 Å². The molecule has 0 atom stereocenters. The van der Waals surface area contributed by atoms with E-state index in [0.29, 0.717) is 0 Å². The number of benzene rings is 2. The van der Waals surface area contributed by atoms with Gasteiger partial charge in [0.25, 0.3) is 0 Å². The third-order valence-corrected chi connectivity index (χ3v) is 6.80. The van der Waals surface area contributed by atoms with Crippen LogP contribution < -0.4 is 4.90 Å². The molecule has 2 aromatic rings. The molecule has 0 aromatic heterocycles. The molecule has 1 heterocycles. The van der Waals surface area contributed by atoms with Crippen LogP contribution in [0.5, 0.6) is 0 Å². The molecule has 1 saturated heterocycles. The fourth-order valence-electron chi connectivity index (χ4n) is 3.53. The molecule has 6 nitrogen and oxygen atoms in total. The van der Waals surface area contributed by atoms with Gasteiger partial charge >= 0.3 is 12.3 Å². The summed E-state index contributed by atoms with van der Waals surface area (Å²) >= 11 is 0. The van der Waals surface area contributed by atoms with Crippen molar-refractivity contribution in [3.05, 3.63) is 53.8 Å². The minimum atomic E-state index is -5.02. The number of halogens is 4. The highest BCUT2D eigenvalue weighted by Gasteiger charge is 2.42. The zero-order valence-corrected chi connectivity index (χ0v) is 19.1. The Morgan fingerprint density at radius 3 is 2.03 bits per heavy atom. The van der Waals surface area contributed by atoms with E-state index >= 15 is 0 Å². The van der Waals surface area contributed by atoms with Crippen molar-refractivity contribution in [2.75, 3.05) is 31.1 Å². The van der Waals surface area contributed by atoms with E-state index in [9.17, 15) is 30.8 Å². The predicted octanol–water partition coefficient (Wildman–Crippen LogP) is 4.73. The summed E-state index contributed by atoms with van der Waals surface area (Å²) in [5, 5.41) is 0. The molecule has 3 rings (SSSR count). The molecule has 180 valence electrons. The number of piperazine rings is 1. The van der Waals surface area contributed by atoms with Crippen LogP contribution in [0.1, 0.15) is 26.3 Å². The number of rotatable bonds is 3. The normalized spacial score (nSPS) is 15.5. The van der Waals surface area contributed by atoms with Crippen LogP contribution in [-0.2, 0) is 20.8 Å². The number of sulfone groups is 1. The summed E-state index contributed by atoms with van der Waals surface area (Å²) in [6, 6.07) is 7.48. The molecule has 1 amide bonds. The van der Waals surface area contributed by atoms with E-state index in [4.69, 9.17) is 4.74 Å². The molecule has 0 saturated carbocycles. The topological polar surface area (TPSA) is 66.9 Å². The fraction of sp³-hybridized carbons (Fsp3) is 0.409. The summed E-state index contributed by atoms with van der Waals surface area (Å²) < 4.78 is 87.9. The highest BCUT2D eigenvalue weighted by Crippen LogP contribution is 2.43. The third-order valence-electron chi connectivity index (χ3n) is 4.98. The number of ether oxygens (including phenoxy) is 1. The first-order valence-electron chi connectivity index (χ1n) is 10.1. The average Bonchev–Trinajstić information content (AvgIpc) is 2.71. The Morgan fingerprint density at radius 1 is 0.909 bits per heavy atom. The van der Waals surface area contributed by atoms with Gasteiger partial charge in [0.1, 0.15) is 16.3 Å². The van der Waals surface area contributed by atoms with Gasteiger partial charge in [-0.15, -0.1) is 0 Å². The van der Waals surface area contributed by atoms with Crippen molar-refractivity contribution < 1.29 is 35.5 Å². The van der Waals surface area contributed by atoms with Crippen LogP contribution in [0.4, 0.5) is 28.0 Å². The summed E-state index contributed by atoms with van der Waals surface area (Å²) in [4.78, 5) is 13.1. The van der Waals surface area contributed by atoms with Gasteiger partial charge in [-0.05, 0) is 45.0 Å². The lowest BCUT2D eigenvalue weighted by Gasteiger charge is -2.37. The number of carbonyl (C=O) groups is 1. The highest BCUT2D eigenvalue weighted by molar-refractivity contribution is 7.91. The molecule has 0 unspecified atom stereocenters. The molecule has 33 heavy (non-hydrogen) atoms. The molecule has 0 spiro atoms. The van der Waals surface area contributed by atoms with Crippen LogP contribution in [0.15, 0.2) is 52.3 Å². The maximum Gasteiger partial charge on any atom is 0.419 e. The second-order valence-electron chi connectivity index (χ2n) is 8.54. The Hall–Kier alpha value is -2.82. The molecule has 0 aliphatic carbocycles. The van der Waals surface area contributed by atoms with Crippen LogP contribution in [0.2, 0.25) is 0 Å². The molecule has 1 aliphatic rings. The van der Waals surface area contributed by atoms with E-state index in [1.807, 2.05) is 0 Å². The van der Waals surface area contributed by atoms with Crippen molar-refractivity contribution in [2.45, 2.75) is 42.3 Å². The first kappa shape index (κ1) is 24.8. The van der Waals surface area contributed by atoms with Crippen LogP contribution in [0.25, 0.3) is 0 Å². The van der Waals surface area contributed by atoms with E-state index in [0.717, 1.165) is 18.2 Å². The number of nitrogens with zero attached hydrogens (tertiary/aromatic N) is 2. The number of anilines is 1. The maximum absolute atomic E-state index is 14.2. The molecular weight excluding hydrogens is 464 g/mol. The van der Waals surface area contributed by atoms with E-state index in [1.165, 1.54) is 34.1 Å². The highest BCUT2D eigenvalue weighted by atomic mass is 32.2.